The summed E-state index contributed by atoms with van der Waals surface area (Å²) in [6.07, 6.45) is 11.5. The summed E-state index contributed by atoms with van der Waals surface area (Å²) < 4.78 is 26.3. The van der Waals surface area contributed by atoms with Crippen LogP contribution in [0.25, 0.3) is 11.1 Å². The van der Waals surface area contributed by atoms with Gasteiger partial charge in [-0.3, -0.25) is 9.58 Å². The Bertz CT molecular complexity index is 2040. The summed E-state index contributed by atoms with van der Waals surface area (Å²) in [7, 11) is -1.59. The van der Waals surface area contributed by atoms with E-state index < -0.39 is 9.84 Å². The number of carbonyl (C=O) groups is 1. The number of amides is 2. The number of benzene rings is 3. The summed E-state index contributed by atoms with van der Waals surface area (Å²) >= 11 is 6.35. The summed E-state index contributed by atoms with van der Waals surface area (Å²) in [6.45, 7) is 0.434. The van der Waals surface area contributed by atoms with Crippen molar-refractivity contribution in [1.29, 1.82) is 0 Å². The zero-order valence-corrected chi connectivity index (χ0v) is 28.8. The number of nitrogens with zero attached hydrogens (tertiary/aromatic N) is 6. The van der Waals surface area contributed by atoms with Gasteiger partial charge in [0, 0.05) is 49.6 Å². The first-order valence-electron chi connectivity index (χ1n) is 16.0. The number of sulfone groups is 1. The third kappa shape index (κ3) is 8.51. The van der Waals surface area contributed by atoms with Gasteiger partial charge in [0.1, 0.15) is 5.02 Å². The molecule has 0 unspecified atom stereocenters. The molecule has 1 aliphatic rings. The van der Waals surface area contributed by atoms with Crippen LogP contribution in [-0.4, -0.2) is 52.7 Å². The Balaban J connectivity index is 1.14. The summed E-state index contributed by atoms with van der Waals surface area (Å²) in [5.41, 5.74) is 4.28. The summed E-state index contributed by atoms with van der Waals surface area (Å²) in [6, 6.07) is 24.3. The average Bonchev–Trinajstić information content (AvgIpc) is 3.55. The molecule has 1 aliphatic carbocycles. The van der Waals surface area contributed by atoms with Crippen LogP contribution in [-0.2, 0) is 23.4 Å². The van der Waals surface area contributed by atoms with Gasteiger partial charge in [0.25, 0.3) is 5.95 Å². The smallest absolute Gasteiger partial charge is 0.322 e. The van der Waals surface area contributed by atoms with Gasteiger partial charge in [-0.1, -0.05) is 66.2 Å². The van der Waals surface area contributed by atoms with E-state index in [1.807, 2.05) is 85.2 Å². The maximum Gasteiger partial charge on any atom is 0.322 e. The molecule has 6 rings (SSSR count). The van der Waals surface area contributed by atoms with E-state index in [0.29, 0.717) is 12.2 Å². The third-order valence-electron chi connectivity index (χ3n) is 8.47. The summed E-state index contributed by atoms with van der Waals surface area (Å²) in [4.78, 5) is 29.0. The first-order valence-corrected chi connectivity index (χ1v) is 18.2. The Morgan fingerprint density at radius 1 is 0.980 bits per heavy atom. The van der Waals surface area contributed by atoms with Crippen LogP contribution in [0.2, 0.25) is 5.02 Å². The fraction of sp³-hybridized carbons (Fsp3) is 0.250. The second-order valence-corrected chi connectivity index (χ2v) is 14.5. The van der Waals surface area contributed by atoms with Crippen LogP contribution in [0.1, 0.15) is 31.2 Å². The first kappa shape index (κ1) is 33.8. The maximum absolute atomic E-state index is 13.7. The number of aromatic nitrogens is 4. The number of aliphatic imine (C=N–C) groups is 1. The summed E-state index contributed by atoms with van der Waals surface area (Å²) in [5.74, 6) is 0.636. The van der Waals surface area contributed by atoms with Gasteiger partial charge in [-0.25, -0.2) is 23.2 Å². The van der Waals surface area contributed by atoms with Crippen molar-refractivity contribution in [1.82, 2.24) is 25.1 Å². The van der Waals surface area contributed by atoms with Gasteiger partial charge in [-0.05, 0) is 67.0 Å². The van der Waals surface area contributed by atoms with Gasteiger partial charge in [-0.15, -0.1) is 0 Å². The topological polar surface area (TPSA) is 134 Å². The molecule has 2 aromatic heterocycles. The van der Waals surface area contributed by atoms with Crippen molar-refractivity contribution in [2.45, 2.75) is 43.2 Å². The van der Waals surface area contributed by atoms with Crippen molar-refractivity contribution in [3.63, 3.8) is 0 Å². The fourth-order valence-electron chi connectivity index (χ4n) is 5.95. The molecule has 2 amide bonds. The molecule has 3 aromatic carbocycles. The molecule has 11 nitrogen and oxygen atoms in total. The molecule has 252 valence electrons. The van der Waals surface area contributed by atoms with Crippen LogP contribution in [0.15, 0.2) is 107 Å². The molecule has 1 saturated carbocycles. The number of carbonyl (C=O) groups excluding carboxylic acids is 1. The molecule has 1 fully saturated rings. The number of para-hydroxylation sites is 1. The highest BCUT2D eigenvalue weighted by atomic mass is 35.5. The molecule has 0 bridgehead atoms. The quantitative estimate of drug-likeness (QED) is 0.146. The highest BCUT2D eigenvalue weighted by Gasteiger charge is 2.30. The standard InChI is InChI=1S/C36H37ClN8O3S/c1-44-24-28(22-41-44)27-14-18-30(19-15-27)45(36(46)40-21-25-8-4-3-5-9-25)29-16-12-26(13-17-29)20-38-35-39-23-31(37)34(43-35)42-32-10-6-7-11-33(32)49(2,47)48/h3-11,14-15,18-20,22-24,26,29H,12-13,16-17,21H2,1-2H3,(H,40,46)(H,39,42,43)/b38-20-. The number of rotatable bonds is 10. The van der Waals surface area contributed by atoms with Crippen LogP contribution in [0.3, 0.4) is 0 Å². The first-order chi connectivity index (χ1) is 23.6. The molecule has 0 saturated heterocycles. The number of hydrogen-bond donors (Lipinski definition) is 2. The molecule has 49 heavy (non-hydrogen) atoms. The van der Waals surface area contributed by atoms with Crippen LogP contribution >= 0.6 is 11.6 Å². The van der Waals surface area contributed by atoms with E-state index in [4.69, 9.17) is 11.6 Å². The number of halogens is 1. The highest BCUT2D eigenvalue weighted by molar-refractivity contribution is 7.90. The largest absolute Gasteiger partial charge is 0.338 e. The van der Waals surface area contributed by atoms with E-state index in [-0.39, 0.29) is 39.7 Å². The van der Waals surface area contributed by atoms with Gasteiger partial charge < -0.3 is 10.6 Å². The van der Waals surface area contributed by atoms with Gasteiger partial charge in [-0.2, -0.15) is 10.1 Å². The van der Waals surface area contributed by atoms with Crippen molar-refractivity contribution in [3.05, 3.63) is 108 Å². The van der Waals surface area contributed by atoms with Gasteiger partial charge in [0.05, 0.1) is 23.0 Å². The minimum atomic E-state index is -3.47. The normalized spacial score (nSPS) is 16.4. The second-order valence-electron chi connectivity index (χ2n) is 12.1. The van der Waals surface area contributed by atoms with E-state index in [1.165, 1.54) is 12.3 Å². The van der Waals surface area contributed by atoms with E-state index in [9.17, 15) is 13.2 Å². The molecular formula is C36H37ClN8O3S. The van der Waals surface area contributed by atoms with E-state index in [2.05, 4.69) is 30.7 Å². The zero-order valence-electron chi connectivity index (χ0n) is 27.2. The van der Waals surface area contributed by atoms with E-state index in [0.717, 1.165) is 54.3 Å². The van der Waals surface area contributed by atoms with Gasteiger partial charge in [0.15, 0.2) is 15.7 Å². The average molecular weight is 697 g/mol. The van der Waals surface area contributed by atoms with Crippen molar-refractivity contribution >= 4 is 56.8 Å². The zero-order chi connectivity index (χ0) is 34.4. The molecule has 0 spiro atoms. The van der Waals surface area contributed by atoms with Crippen LogP contribution in [0, 0.1) is 5.92 Å². The van der Waals surface area contributed by atoms with Crippen LogP contribution < -0.4 is 15.5 Å². The lowest BCUT2D eigenvalue weighted by Gasteiger charge is -2.36. The monoisotopic (exact) mass is 696 g/mol. The predicted octanol–water partition coefficient (Wildman–Crippen LogP) is 7.36. The van der Waals surface area contributed by atoms with Crippen molar-refractivity contribution in [2.75, 3.05) is 16.5 Å². The van der Waals surface area contributed by atoms with Gasteiger partial charge in [0.2, 0.25) is 0 Å². The number of aryl methyl sites for hydroxylation is 1. The molecular weight excluding hydrogens is 660 g/mol. The fourth-order valence-corrected chi connectivity index (χ4v) is 6.93. The second kappa shape index (κ2) is 15.0. The predicted molar refractivity (Wildman–Crippen MR) is 194 cm³/mol. The number of nitrogens with one attached hydrogen (secondary N) is 2. The van der Waals surface area contributed by atoms with Crippen molar-refractivity contribution in [3.8, 4) is 11.1 Å². The highest BCUT2D eigenvalue weighted by Crippen LogP contribution is 2.33. The van der Waals surface area contributed by atoms with Crippen LogP contribution in [0.4, 0.5) is 27.9 Å². The molecule has 0 radical (unpaired) electrons. The number of anilines is 3. The Morgan fingerprint density at radius 3 is 2.39 bits per heavy atom. The minimum Gasteiger partial charge on any atom is -0.338 e. The van der Waals surface area contributed by atoms with Crippen molar-refractivity contribution < 1.29 is 13.2 Å². The molecule has 0 aliphatic heterocycles. The molecule has 13 heteroatoms. The summed E-state index contributed by atoms with van der Waals surface area (Å²) in [5, 5.41) is 10.7. The number of hydrogen-bond acceptors (Lipinski definition) is 8. The Labute approximate surface area is 291 Å². The van der Waals surface area contributed by atoms with E-state index in [1.54, 1.807) is 22.9 Å². The number of urea groups is 1. The van der Waals surface area contributed by atoms with Crippen LogP contribution in [0.5, 0.6) is 0 Å². The minimum absolute atomic E-state index is 0.00200. The van der Waals surface area contributed by atoms with E-state index >= 15 is 0 Å². The Hall–Kier alpha value is -5.07. The lowest BCUT2D eigenvalue weighted by molar-refractivity contribution is 0.240. The Kier molecular flexibility index (Phi) is 10.4. The lowest BCUT2D eigenvalue weighted by atomic mass is 9.86. The lowest BCUT2D eigenvalue weighted by Crippen LogP contribution is -2.47. The molecule has 2 N–H and O–H groups in total. The van der Waals surface area contributed by atoms with Gasteiger partial charge >= 0.3 is 6.03 Å². The SMILES string of the molecule is Cn1cc(-c2ccc(N(C(=O)NCc3ccccc3)C3CCC(/C=N\c4ncc(Cl)c(Nc5ccccc5S(C)(=O)=O)n4)CC3)cc2)cn1. The molecule has 5 aromatic rings. The van der Waals surface area contributed by atoms with Crippen molar-refractivity contribution in [2.24, 2.45) is 18.0 Å². The molecule has 2 heterocycles. The maximum atomic E-state index is 13.7. The molecule has 0 atom stereocenters. The Morgan fingerprint density at radius 2 is 1.69 bits per heavy atom. The third-order valence-corrected chi connectivity index (χ3v) is 9.90.